The second-order valence-electron chi connectivity index (χ2n) is 8.03. The summed E-state index contributed by atoms with van der Waals surface area (Å²) in [6.07, 6.45) is 2.33. The molecule has 0 aliphatic carbocycles. The molecule has 2 aromatic rings. The lowest BCUT2D eigenvalue weighted by Crippen LogP contribution is -2.62. The lowest BCUT2D eigenvalue weighted by molar-refractivity contribution is -0.349. The van der Waals surface area contributed by atoms with Crippen LogP contribution in [-0.2, 0) is 18.9 Å². The summed E-state index contributed by atoms with van der Waals surface area (Å²) in [4.78, 5) is 0. The summed E-state index contributed by atoms with van der Waals surface area (Å²) >= 11 is 2.98. The van der Waals surface area contributed by atoms with Gasteiger partial charge in [0.05, 0.1) is 23.4 Å². The molecule has 5 atom stereocenters. The zero-order chi connectivity index (χ0) is 22.3. The molecule has 0 N–H and O–H groups in total. The first-order chi connectivity index (χ1) is 14.8. The van der Waals surface area contributed by atoms with Crippen molar-refractivity contribution in [1.29, 1.82) is 0 Å². The lowest BCUT2D eigenvalue weighted by Gasteiger charge is -2.51. The summed E-state index contributed by atoms with van der Waals surface area (Å²) in [7, 11) is 1.59. The first-order valence-electron chi connectivity index (χ1n) is 9.92. The van der Waals surface area contributed by atoms with Crippen molar-refractivity contribution in [2.24, 2.45) is 0 Å². The molecule has 0 bridgehead atoms. The molecule has 0 amide bonds. The van der Waals surface area contributed by atoms with E-state index in [2.05, 4.69) is 32.8 Å². The largest absolute Gasteiger partial charge is 0.376 e. The Morgan fingerprint density at radius 3 is 2.84 bits per heavy atom. The Morgan fingerprint density at radius 2 is 2.13 bits per heavy atom. The van der Waals surface area contributed by atoms with Crippen LogP contribution in [0.4, 0.5) is 8.78 Å². The predicted molar refractivity (Wildman–Crippen MR) is 111 cm³/mol. The van der Waals surface area contributed by atoms with Crippen molar-refractivity contribution in [3.8, 4) is 11.3 Å². The number of ether oxygens (including phenoxy) is 4. The van der Waals surface area contributed by atoms with Gasteiger partial charge in [-0.2, -0.15) is 0 Å². The Morgan fingerprint density at radius 1 is 1.35 bits per heavy atom. The Balaban J connectivity index is 1.74. The Labute approximate surface area is 187 Å². The van der Waals surface area contributed by atoms with Crippen LogP contribution in [0.3, 0.4) is 0 Å². The van der Waals surface area contributed by atoms with E-state index >= 15 is 0 Å². The fraction of sp³-hybridized carbons (Fsp3) is 0.524. The molecule has 31 heavy (non-hydrogen) atoms. The summed E-state index contributed by atoms with van der Waals surface area (Å²) < 4.78 is 54.1. The van der Waals surface area contributed by atoms with E-state index in [4.69, 9.17) is 18.9 Å². The average molecular weight is 500 g/mol. The van der Waals surface area contributed by atoms with Crippen molar-refractivity contribution in [2.75, 3.05) is 13.7 Å². The summed E-state index contributed by atoms with van der Waals surface area (Å²) in [5.74, 6) is -2.80. The third kappa shape index (κ3) is 4.19. The van der Waals surface area contributed by atoms with Crippen LogP contribution in [-0.4, -0.2) is 58.9 Å². The molecule has 0 saturated carbocycles. The Bertz CT molecular complexity index is 970. The fourth-order valence-electron chi connectivity index (χ4n) is 4.15. The van der Waals surface area contributed by atoms with Crippen molar-refractivity contribution in [1.82, 2.24) is 15.0 Å². The van der Waals surface area contributed by atoms with E-state index in [0.717, 1.165) is 0 Å². The topological polar surface area (TPSA) is 67.6 Å². The van der Waals surface area contributed by atoms with Crippen LogP contribution in [0.1, 0.15) is 26.3 Å². The quantitative estimate of drug-likeness (QED) is 0.456. The van der Waals surface area contributed by atoms with Gasteiger partial charge in [0.2, 0.25) is 0 Å². The van der Waals surface area contributed by atoms with Crippen LogP contribution >= 0.6 is 15.9 Å². The van der Waals surface area contributed by atoms with Gasteiger partial charge in [-0.1, -0.05) is 11.3 Å². The van der Waals surface area contributed by atoms with Crippen LogP contribution < -0.4 is 0 Å². The number of halogens is 3. The summed E-state index contributed by atoms with van der Waals surface area (Å²) in [5.41, 5.74) is 0.216. The standard InChI is InChI=1S/C21H24BrF2N3O4/c1-5-6-14-19(28-4)18(20-15(30-14)10-29-21(2,3)31-20)27-9-13(25-26-27)11-7-8-12(22)17(24)16(11)23/h5,7-9,14-15,18-20H,1,6,10H2,2-4H3/t14-,15-,18-,19+,20+/m1/s1. The van der Waals surface area contributed by atoms with E-state index < -0.39 is 35.7 Å². The van der Waals surface area contributed by atoms with Crippen LogP contribution in [0, 0.1) is 11.6 Å². The van der Waals surface area contributed by atoms with Gasteiger partial charge < -0.3 is 18.9 Å². The van der Waals surface area contributed by atoms with Gasteiger partial charge in [0.1, 0.15) is 30.0 Å². The Hall–Kier alpha value is -1.72. The predicted octanol–water partition coefficient (Wildman–Crippen LogP) is 4.04. The summed E-state index contributed by atoms with van der Waals surface area (Å²) in [5, 5.41) is 8.32. The molecule has 168 valence electrons. The molecular weight excluding hydrogens is 476 g/mol. The molecule has 1 aromatic heterocycles. The number of methoxy groups -OCH3 is 1. The van der Waals surface area contributed by atoms with E-state index in [1.165, 1.54) is 12.1 Å². The molecule has 0 unspecified atom stereocenters. The van der Waals surface area contributed by atoms with Gasteiger partial charge in [-0.15, -0.1) is 11.7 Å². The van der Waals surface area contributed by atoms with E-state index in [1.807, 2.05) is 13.8 Å². The zero-order valence-corrected chi connectivity index (χ0v) is 19.0. The maximum Gasteiger partial charge on any atom is 0.173 e. The minimum Gasteiger partial charge on any atom is -0.376 e. The number of aromatic nitrogens is 3. The zero-order valence-electron chi connectivity index (χ0n) is 17.4. The molecule has 0 radical (unpaired) electrons. The van der Waals surface area contributed by atoms with Crippen LogP contribution in [0.25, 0.3) is 11.3 Å². The van der Waals surface area contributed by atoms with Gasteiger partial charge in [-0.3, -0.25) is 0 Å². The summed E-state index contributed by atoms with van der Waals surface area (Å²) in [6.45, 7) is 7.79. The summed E-state index contributed by atoms with van der Waals surface area (Å²) in [6, 6.07) is 2.45. The maximum absolute atomic E-state index is 14.5. The highest BCUT2D eigenvalue weighted by Crippen LogP contribution is 2.40. The molecule has 1 aromatic carbocycles. The highest BCUT2D eigenvalue weighted by molar-refractivity contribution is 9.10. The number of fused-ring (bicyclic) bond motifs is 1. The van der Waals surface area contributed by atoms with Crippen LogP contribution in [0.2, 0.25) is 0 Å². The molecule has 2 fully saturated rings. The first kappa shape index (κ1) is 22.5. The van der Waals surface area contributed by atoms with E-state index in [0.29, 0.717) is 13.0 Å². The highest BCUT2D eigenvalue weighted by atomic mass is 79.9. The second-order valence-corrected chi connectivity index (χ2v) is 8.88. The molecule has 3 heterocycles. The number of benzene rings is 1. The molecule has 2 saturated heterocycles. The number of nitrogens with zero attached hydrogens (tertiary/aromatic N) is 3. The minimum absolute atomic E-state index is 0.0143. The SMILES string of the molecule is C=CC[C@H]1O[C@@H]2COC(C)(C)O[C@@H]2[C@H](n2cc(-c3ccc(Br)c(F)c3F)nn2)[C@H]1OC. The normalized spacial score (nSPS) is 30.1. The number of rotatable bonds is 5. The van der Waals surface area contributed by atoms with Crippen molar-refractivity contribution in [3.63, 3.8) is 0 Å². The van der Waals surface area contributed by atoms with Crippen molar-refractivity contribution < 1.29 is 27.7 Å². The van der Waals surface area contributed by atoms with Gasteiger partial charge >= 0.3 is 0 Å². The Kier molecular flexibility index (Phi) is 6.28. The van der Waals surface area contributed by atoms with Crippen molar-refractivity contribution in [3.05, 3.63) is 47.1 Å². The third-order valence-electron chi connectivity index (χ3n) is 5.57. The monoisotopic (exact) mass is 499 g/mol. The maximum atomic E-state index is 14.5. The van der Waals surface area contributed by atoms with E-state index in [1.54, 1.807) is 24.1 Å². The minimum atomic E-state index is -0.998. The first-order valence-corrected chi connectivity index (χ1v) is 10.7. The van der Waals surface area contributed by atoms with Gasteiger partial charge in [0.25, 0.3) is 0 Å². The van der Waals surface area contributed by atoms with E-state index in [9.17, 15) is 8.78 Å². The second kappa shape index (κ2) is 8.67. The molecule has 7 nitrogen and oxygen atoms in total. The molecule has 2 aliphatic heterocycles. The molecule has 2 aliphatic rings. The number of hydrogen-bond donors (Lipinski definition) is 0. The van der Waals surface area contributed by atoms with Gasteiger partial charge in [0.15, 0.2) is 17.4 Å². The van der Waals surface area contributed by atoms with Gasteiger partial charge in [-0.05, 0) is 48.3 Å². The molecule has 10 heteroatoms. The average Bonchev–Trinajstić information content (AvgIpc) is 3.20. The van der Waals surface area contributed by atoms with Crippen molar-refractivity contribution >= 4 is 15.9 Å². The van der Waals surface area contributed by atoms with E-state index in [-0.39, 0.29) is 27.9 Å². The molecule has 0 spiro atoms. The lowest BCUT2D eigenvalue weighted by atomic mass is 9.90. The number of hydrogen-bond acceptors (Lipinski definition) is 6. The van der Waals surface area contributed by atoms with Gasteiger partial charge in [0, 0.05) is 12.7 Å². The molecular formula is C21H24BrF2N3O4. The smallest absolute Gasteiger partial charge is 0.173 e. The highest BCUT2D eigenvalue weighted by Gasteiger charge is 2.52. The van der Waals surface area contributed by atoms with Crippen LogP contribution in [0.5, 0.6) is 0 Å². The van der Waals surface area contributed by atoms with Crippen LogP contribution in [0.15, 0.2) is 35.5 Å². The fourth-order valence-corrected chi connectivity index (χ4v) is 4.45. The van der Waals surface area contributed by atoms with Gasteiger partial charge in [-0.25, -0.2) is 13.5 Å². The van der Waals surface area contributed by atoms with Crippen molar-refractivity contribution in [2.45, 2.75) is 56.5 Å². The molecule has 4 rings (SSSR count). The third-order valence-corrected chi connectivity index (χ3v) is 6.18.